The lowest BCUT2D eigenvalue weighted by atomic mass is 9.74. The number of carbonyl (C=O) groups is 1. The number of nitrogens with one attached hydrogen (secondary N) is 1. The summed E-state index contributed by atoms with van der Waals surface area (Å²) in [5, 5.41) is 3.39. The van der Waals surface area contributed by atoms with Gasteiger partial charge in [0.05, 0.1) is 22.1 Å². The summed E-state index contributed by atoms with van der Waals surface area (Å²) in [6.45, 7) is 0. The molecular formula is C18H14Cl2F2N2O2. The van der Waals surface area contributed by atoms with Crippen LogP contribution in [0.5, 0.6) is 0 Å². The van der Waals surface area contributed by atoms with Gasteiger partial charge in [-0.25, -0.2) is 9.37 Å². The number of halogens is 4. The topological polar surface area (TPSA) is 51.2 Å². The van der Waals surface area contributed by atoms with Gasteiger partial charge in [0.25, 0.3) is 0 Å². The van der Waals surface area contributed by atoms with E-state index >= 15 is 0 Å². The molecule has 2 aliphatic rings. The summed E-state index contributed by atoms with van der Waals surface area (Å²) >= 11 is 11.8. The second kappa shape index (κ2) is 6.76. The first-order valence-corrected chi connectivity index (χ1v) is 8.86. The Balaban J connectivity index is 1.63. The quantitative estimate of drug-likeness (QED) is 0.780. The molecule has 136 valence electrons. The molecule has 4 nitrogen and oxygen atoms in total. The number of rotatable bonds is 3. The van der Waals surface area contributed by atoms with E-state index in [1.807, 2.05) is 0 Å². The Morgan fingerprint density at radius 3 is 2.77 bits per heavy atom. The fourth-order valence-electron chi connectivity index (χ4n) is 3.83. The van der Waals surface area contributed by atoms with Crippen LogP contribution in [0.25, 0.3) is 0 Å². The Labute approximate surface area is 158 Å². The van der Waals surface area contributed by atoms with E-state index < -0.39 is 42.1 Å². The third kappa shape index (κ3) is 3.06. The number of carbonyl (C=O) groups excluding carboxylic acids is 1. The van der Waals surface area contributed by atoms with Crippen molar-refractivity contribution in [2.75, 3.05) is 5.32 Å². The number of pyridine rings is 1. The highest BCUT2D eigenvalue weighted by Crippen LogP contribution is 2.50. The summed E-state index contributed by atoms with van der Waals surface area (Å²) in [5.74, 6) is -2.27. The van der Waals surface area contributed by atoms with E-state index in [-0.39, 0.29) is 6.42 Å². The maximum absolute atomic E-state index is 14.2. The van der Waals surface area contributed by atoms with Gasteiger partial charge in [0, 0.05) is 24.2 Å². The molecule has 2 bridgehead atoms. The normalized spacial score (nSPS) is 29.8. The van der Waals surface area contributed by atoms with Crippen LogP contribution in [0.1, 0.15) is 17.9 Å². The fraction of sp³-hybridized carbons (Fsp3) is 0.333. The number of fused-ring (bicyclic) bond motifs is 2. The van der Waals surface area contributed by atoms with E-state index in [1.165, 1.54) is 18.3 Å². The largest absolute Gasteiger partial charge is 0.370 e. The zero-order valence-corrected chi connectivity index (χ0v) is 14.8. The van der Waals surface area contributed by atoms with Crippen molar-refractivity contribution in [1.82, 2.24) is 4.98 Å². The predicted octanol–water partition coefficient (Wildman–Crippen LogP) is 4.38. The first-order valence-electron chi connectivity index (χ1n) is 8.11. The molecule has 0 saturated carbocycles. The average Bonchev–Trinajstić information content (AvgIpc) is 3.15. The van der Waals surface area contributed by atoms with Crippen molar-refractivity contribution in [3.63, 3.8) is 0 Å². The molecule has 1 N–H and O–H groups in total. The molecule has 26 heavy (non-hydrogen) atoms. The molecule has 4 rings (SSSR count). The number of ether oxygens (including phenoxy) is 1. The fourth-order valence-corrected chi connectivity index (χ4v) is 4.13. The minimum Gasteiger partial charge on any atom is -0.370 e. The lowest BCUT2D eigenvalue weighted by Gasteiger charge is -2.29. The smallest absolute Gasteiger partial charge is 0.230 e. The minimum atomic E-state index is -1.23. The van der Waals surface area contributed by atoms with Gasteiger partial charge < -0.3 is 10.1 Å². The van der Waals surface area contributed by atoms with E-state index in [1.54, 1.807) is 18.2 Å². The van der Waals surface area contributed by atoms with Gasteiger partial charge in [-0.2, -0.15) is 4.39 Å². The summed E-state index contributed by atoms with van der Waals surface area (Å²) in [6, 6.07) is 7.58. The number of amides is 1. The van der Waals surface area contributed by atoms with E-state index in [4.69, 9.17) is 27.9 Å². The van der Waals surface area contributed by atoms with Crippen LogP contribution in [-0.2, 0) is 9.53 Å². The minimum absolute atomic E-state index is 0.190. The van der Waals surface area contributed by atoms with Crippen LogP contribution in [0.3, 0.4) is 0 Å². The van der Waals surface area contributed by atoms with Crippen LogP contribution < -0.4 is 5.32 Å². The van der Waals surface area contributed by atoms with E-state index in [0.717, 1.165) is 0 Å². The van der Waals surface area contributed by atoms with Gasteiger partial charge in [-0.15, -0.1) is 0 Å². The summed E-state index contributed by atoms with van der Waals surface area (Å²) in [7, 11) is 0. The number of aromatic nitrogens is 1. The lowest BCUT2D eigenvalue weighted by Crippen LogP contribution is -2.41. The third-order valence-electron chi connectivity index (χ3n) is 4.91. The van der Waals surface area contributed by atoms with Gasteiger partial charge in [0.15, 0.2) is 0 Å². The van der Waals surface area contributed by atoms with E-state index in [0.29, 0.717) is 21.3 Å². The van der Waals surface area contributed by atoms with Crippen LogP contribution in [0.4, 0.5) is 14.5 Å². The van der Waals surface area contributed by atoms with Crippen molar-refractivity contribution in [2.45, 2.75) is 30.7 Å². The summed E-state index contributed by atoms with van der Waals surface area (Å²) < 4.78 is 33.4. The van der Waals surface area contributed by atoms with Crippen molar-refractivity contribution in [2.24, 2.45) is 5.92 Å². The highest BCUT2D eigenvalue weighted by molar-refractivity contribution is 6.42. The van der Waals surface area contributed by atoms with Crippen LogP contribution in [0, 0.1) is 11.9 Å². The van der Waals surface area contributed by atoms with Gasteiger partial charge in [-0.05, 0) is 35.9 Å². The maximum atomic E-state index is 14.2. The predicted molar refractivity (Wildman–Crippen MR) is 93.7 cm³/mol. The summed E-state index contributed by atoms with van der Waals surface area (Å²) in [5.41, 5.74) is 1.02. The molecule has 0 radical (unpaired) electrons. The van der Waals surface area contributed by atoms with Crippen molar-refractivity contribution in [3.05, 3.63) is 58.1 Å². The van der Waals surface area contributed by atoms with Crippen molar-refractivity contribution >= 4 is 34.8 Å². The van der Waals surface area contributed by atoms with Crippen molar-refractivity contribution < 1.29 is 18.3 Å². The van der Waals surface area contributed by atoms with Crippen LogP contribution >= 0.6 is 23.2 Å². The zero-order valence-electron chi connectivity index (χ0n) is 13.3. The molecule has 1 amide bonds. The summed E-state index contributed by atoms with van der Waals surface area (Å²) in [6.07, 6.45) is -1.04. The average molecular weight is 399 g/mol. The number of anilines is 1. The Kier molecular flexibility index (Phi) is 4.59. The molecule has 5 unspecified atom stereocenters. The molecule has 5 atom stereocenters. The number of hydrogen-bond acceptors (Lipinski definition) is 3. The highest BCUT2D eigenvalue weighted by atomic mass is 35.5. The number of hydrogen-bond donors (Lipinski definition) is 1. The van der Waals surface area contributed by atoms with Crippen LogP contribution in [0.2, 0.25) is 10.0 Å². The molecule has 0 spiro atoms. The van der Waals surface area contributed by atoms with E-state index in [2.05, 4.69) is 10.3 Å². The molecule has 0 aliphatic carbocycles. The third-order valence-corrected chi connectivity index (χ3v) is 5.65. The zero-order chi connectivity index (χ0) is 18.4. The molecule has 3 heterocycles. The molecule has 8 heteroatoms. The number of nitrogens with zero attached hydrogens (tertiary/aromatic N) is 1. The van der Waals surface area contributed by atoms with Gasteiger partial charge in [-0.3, -0.25) is 4.79 Å². The SMILES string of the molecule is O=C(Nc1ccc(Cl)c(Cl)c1)C1C2OC(CC2F)C1c1ccnc(F)c1. The van der Waals surface area contributed by atoms with Gasteiger partial charge in [0.2, 0.25) is 11.9 Å². The Bertz CT molecular complexity index is 867. The Morgan fingerprint density at radius 2 is 2.04 bits per heavy atom. The van der Waals surface area contributed by atoms with Crippen LogP contribution in [-0.4, -0.2) is 29.3 Å². The first-order chi connectivity index (χ1) is 12.4. The molecular weight excluding hydrogens is 385 g/mol. The molecule has 2 fully saturated rings. The second-order valence-electron chi connectivity index (χ2n) is 6.47. The van der Waals surface area contributed by atoms with Crippen molar-refractivity contribution in [3.8, 4) is 0 Å². The van der Waals surface area contributed by atoms with Crippen LogP contribution in [0.15, 0.2) is 36.5 Å². The van der Waals surface area contributed by atoms with Gasteiger partial charge >= 0.3 is 0 Å². The van der Waals surface area contributed by atoms with E-state index in [9.17, 15) is 13.6 Å². The monoisotopic (exact) mass is 398 g/mol. The Morgan fingerprint density at radius 1 is 1.23 bits per heavy atom. The lowest BCUT2D eigenvalue weighted by molar-refractivity contribution is -0.122. The van der Waals surface area contributed by atoms with Gasteiger partial charge in [0.1, 0.15) is 12.3 Å². The molecule has 2 aromatic rings. The summed E-state index contributed by atoms with van der Waals surface area (Å²) in [4.78, 5) is 16.4. The molecule has 2 saturated heterocycles. The number of benzene rings is 1. The number of alkyl halides is 1. The van der Waals surface area contributed by atoms with Gasteiger partial charge in [-0.1, -0.05) is 23.2 Å². The standard InChI is InChI=1S/C18H14Cl2F2N2O2/c19-10-2-1-9(6-11(10)20)24-18(25)16-15(8-3-4-23-14(22)5-8)13-7-12(21)17(16)26-13/h1-6,12-13,15-17H,7H2,(H,24,25). The second-order valence-corrected chi connectivity index (χ2v) is 7.29. The Hall–Kier alpha value is -1.76. The molecule has 2 aliphatic heterocycles. The maximum Gasteiger partial charge on any atom is 0.230 e. The molecule has 1 aromatic heterocycles. The van der Waals surface area contributed by atoms with Crippen molar-refractivity contribution in [1.29, 1.82) is 0 Å². The molecule has 1 aromatic carbocycles. The first kappa shape index (κ1) is 17.6. The highest BCUT2D eigenvalue weighted by Gasteiger charge is 2.57.